The molecule has 4 unspecified atom stereocenters. The number of nitrogens with one attached hydrogen (secondary N) is 1. The summed E-state index contributed by atoms with van der Waals surface area (Å²) in [4.78, 5) is 24.6. The van der Waals surface area contributed by atoms with Gasteiger partial charge in [0, 0.05) is 10.2 Å². The van der Waals surface area contributed by atoms with Crippen molar-refractivity contribution in [2.45, 2.75) is 26.7 Å². The lowest BCUT2D eigenvalue weighted by atomic mass is 9.78. The number of hydrogen-bond acceptors (Lipinski definition) is 2. The van der Waals surface area contributed by atoms with Crippen LogP contribution in [0.1, 0.15) is 26.7 Å². The molecule has 5 heteroatoms. The zero-order valence-electron chi connectivity index (χ0n) is 13.2. The molecule has 0 saturated heterocycles. The van der Waals surface area contributed by atoms with Crippen LogP contribution in [0, 0.1) is 23.7 Å². The fourth-order valence-corrected chi connectivity index (χ4v) is 4.80. The molecule has 0 spiro atoms. The molecule has 0 aromatic heterocycles. The normalized spacial score (nSPS) is 28.7. The van der Waals surface area contributed by atoms with E-state index < -0.39 is 17.8 Å². The Hall–Kier alpha value is -1.62. The first-order valence-electron chi connectivity index (χ1n) is 7.86. The summed E-state index contributed by atoms with van der Waals surface area (Å²) >= 11 is 3.38. The Kier molecular flexibility index (Phi) is 4.32. The highest BCUT2D eigenvalue weighted by Crippen LogP contribution is 2.57. The van der Waals surface area contributed by atoms with Crippen molar-refractivity contribution >= 4 is 33.5 Å². The molecular formula is C18H20BrNO3. The van der Waals surface area contributed by atoms with Crippen LogP contribution in [-0.4, -0.2) is 17.0 Å². The zero-order chi connectivity index (χ0) is 16.7. The Bertz CT molecular complexity index is 693. The van der Waals surface area contributed by atoms with Gasteiger partial charge in [-0.05, 0) is 56.7 Å². The number of allylic oxidation sites excluding steroid dienone is 2. The number of aliphatic carboxylic acids is 1. The number of carbonyl (C=O) groups excluding carboxylic acids is 1. The van der Waals surface area contributed by atoms with Crippen LogP contribution in [0.5, 0.6) is 0 Å². The van der Waals surface area contributed by atoms with E-state index >= 15 is 0 Å². The molecule has 2 fully saturated rings. The second-order valence-electron chi connectivity index (χ2n) is 6.64. The lowest BCUT2D eigenvalue weighted by Gasteiger charge is -2.26. The molecule has 2 N–H and O–H groups in total. The Morgan fingerprint density at radius 1 is 1.17 bits per heavy atom. The van der Waals surface area contributed by atoms with Crippen molar-refractivity contribution < 1.29 is 14.7 Å². The Labute approximate surface area is 144 Å². The first kappa shape index (κ1) is 16.2. The number of carbonyl (C=O) groups is 2. The minimum Gasteiger partial charge on any atom is -0.481 e. The van der Waals surface area contributed by atoms with Gasteiger partial charge in [0.2, 0.25) is 5.91 Å². The van der Waals surface area contributed by atoms with E-state index in [2.05, 4.69) is 21.2 Å². The van der Waals surface area contributed by atoms with E-state index in [1.54, 1.807) is 0 Å². The highest BCUT2D eigenvalue weighted by molar-refractivity contribution is 9.10. The fourth-order valence-electron chi connectivity index (χ4n) is 4.40. The smallest absolute Gasteiger partial charge is 0.307 e. The number of rotatable bonds is 3. The summed E-state index contributed by atoms with van der Waals surface area (Å²) in [5, 5.41) is 12.6. The van der Waals surface area contributed by atoms with Crippen molar-refractivity contribution in [3.8, 4) is 0 Å². The summed E-state index contributed by atoms with van der Waals surface area (Å²) < 4.78 is 0.878. The summed E-state index contributed by atoms with van der Waals surface area (Å²) in [7, 11) is 0. The number of benzene rings is 1. The molecule has 122 valence electrons. The SMILES string of the molecule is CC(C)=C1C2CCC1C(C(=O)Nc1cccc(Br)c1)C2C(=O)O. The highest BCUT2D eigenvalue weighted by atomic mass is 79.9. The molecule has 1 amide bonds. The van der Waals surface area contributed by atoms with Crippen LogP contribution >= 0.6 is 15.9 Å². The molecule has 1 aromatic rings. The minimum atomic E-state index is -0.856. The van der Waals surface area contributed by atoms with Gasteiger partial charge in [-0.25, -0.2) is 0 Å². The van der Waals surface area contributed by atoms with E-state index in [0.29, 0.717) is 5.69 Å². The maximum Gasteiger partial charge on any atom is 0.307 e. The van der Waals surface area contributed by atoms with Crippen molar-refractivity contribution in [2.75, 3.05) is 5.32 Å². The van der Waals surface area contributed by atoms with Crippen molar-refractivity contribution in [2.24, 2.45) is 23.7 Å². The average molecular weight is 378 g/mol. The van der Waals surface area contributed by atoms with Gasteiger partial charge in [-0.3, -0.25) is 9.59 Å². The summed E-state index contributed by atoms with van der Waals surface area (Å²) in [6, 6.07) is 7.36. The second-order valence-corrected chi connectivity index (χ2v) is 7.55. The van der Waals surface area contributed by atoms with Gasteiger partial charge in [-0.2, -0.15) is 0 Å². The molecule has 0 heterocycles. The van der Waals surface area contributed by atoms with E-state index in [-0.39, 0.29) is 17.7 Å². The van der Waals surface area contributed by atoms with Gasteiger partial charge >= 0.3 is 5.97 Å². The number of anilines is 1. The van der Waals surface area contributed by atoms with E-state index in [9.17, 15) is 14.7 Å². The largest absolute Gasteiger partial charge is 0.481 e. The first-order valence-corrected chi connectivity index (χ1v) is 8.66. The van der Waals surface area contributed by atoms with E-state index in [0.717, 1.165) is 17.3 Å². The number of amides is 1. The van der Waals surface area contributed by atoms with Crippen LogP contribution in [0.15, 0.2) is 39.9 Å². The molecule has 2 aliphatic rings. The van der Waals surface area contributed by atoms with Crippen LogP contribution < -0.4 is 5.32 Å². The topological polar surface area (TPSA) is 66.4 Å². The maximum absolute atomic E-state index is 12.8. The van der Waals surface area contributed by atoms with Crippen molar-refractivity contribution in [1.29, 1.82) is 0 Å². The van der Waals surface area contributed by atoms with Gasteiger partial charge in [0.15, 0.2) is 0 Å². The molecule has 23 heavy (non-hydrogen) atoms. The summed E-state index contributed by atoms with van der Waals surface area (Å²) in [5.74, 6) is -2.04. The minimum absolute atomic E-state index is 0.0146. The van der Waals surface area contributed by atoms with Gasteiger partial charge in [0.05, 0.1) is 11.8 Å². The van der Waals surface area contributed by atoms with E-state index in [1.165, 1.54) is 11.1 Å². The lowest BCUT2D eigenvalue weighted by Crippen LogP contribution is -2.37. The fraction of sp³-hybridized carbons (Fsp3) is 0.444. The third-order valence-corrected chi connectivity index (χ3v) is 5.59. The van der Waals surface area contributed by atoms with Gasteiger partial charge < -0.3 is 10.4 Å². The van der Waals surface area contributed by atoms with Crippen molar-refractivity contribution in [3.63, 3.8) is 0 Å². The molecule has 4 nitrogen and oxygen atoms in total. The van der Waals surface area contributed by atoms with Crippen LogP contribution in [0.2, 0.25) is 0 Å². The zero-order valence-corrected chi connectivity index (χ0v) is 14.8. The number of carboxylic acid groups (broad SMARTS) is 1. The number of hydrogen-bond donors (Lipinski definition) is 2. The molecule has 4 atom stereocenters. The predicted octanol–water partition coefficient (Wildman–Crippen LogP) is 4.08. The Morgan fingerprint density at radius 3 is 2.39 bits per heavy atom. The summed E-state index contributed by atoms with van der Waals surface area (Å²) in [5.41, 5.74) is 3.06. The number of carboxylic acids is 1. The molecule has 1 aromatic carbocycles. The van der Waals surface area contributed by atoms with Crippen molar-refractivity contribution in [1.82, 2.24) is 0 Å². The Morgan fingerprint density at radius 2 is 1.83 bits per heavy atom. The van der Waals surface area contributed by atoms with Crippen molar-refractivity contribution in [3.05, 3.63) is 39.9 Å². The molecule has 2 bridgehead atoms. The summed E-state index contributed by atoms with van der Waals surface area (Å²) in [6.45, 7) is 4.04. The first-order chi connectivity index (χ1) is 10.9. The van der Waals surface area contributed by atoms with Gasteiger partial charge in [-0.1, -0.05) is 33.1 Å². The standard InChI is InChI=1S/C18H20BrNO3/c1-9(2)14-12-6-7-13(14)16(18(22)23)15(12)17(21)20-11-5-3-4-10(19)8-11/h3-5,8,12-13,15-16H,6-7H2,1-2H3,(H,20,21)(H,22,23). The molecule has 2 saturated carbocycles. The second kappa shape index (κ2) is 6.11. The molecule has 2 aliphatic carbocycles. The van der Waals surface area contributed by atoms with Crippen LogP contribution in [-0.2, 0) is 9.59 Å². The number of fused-ring (bicyclic) bond motifs is 2. The highest BCUT2D eigenvalue weighted by Gasteiger charge is 2.57. The van der Waals surface area contributed by atoms with Gasteiger partial charge in [0.25, 0.3) is 0 Å². The lowest BCUT2D eigenvalue weighted by molar-refractivity contribution is -0.148. The average Bonchev–Trinajstić information content (AvgIpc) is 3.02. The van der Waals surface area contributed by atoms with E-state index in [4.69, 9.17) is 0 Å². The quantitative estimate of drug-likeness (QED) is 0.779. The van der Waals surface area contributed by atoms with Gasteiger partial charge in [-0.15, -0.1) is 0 Å². The van der Waals surface area contributed by atoms with Crippen LogP contribution in [0.3, 0.4) is 0 Å². The third kappa shape index (κ3) is 2.82. The third-order valence-electron chi connectivity index (χ3n) is 5.10. The molecular weight excluding hydrogens is 358 g/mol. The van der Waals surface area contributed by atoms with Gasteiger partial charge in [0.1, 0.15) is 0 Å². The van der Waals surface area contributed by atoms with Crippen LogP contribution in [0.4, 0.5) is 5.69 Å². The Balaban J connectivity index is 1.90. The molecule has 0 aliphatic heterocycles. The molecule has 0 radical (unpaired) electrons. The molecule has 3 rings (SSSR count). The monoisotopic (exact) mass is 377 g/mol. The predicted molar refractivity (Wildman–Crippen MR) is 92.0 cm³/mol. The summed E-state index contributed by atoms with van der Waals surface area (Å²) in [6.07, 6.45) is 1.79. The maximum atomic E-state index is 12.8. The van der Waals surface area contributed by atoms with E-state index in [1.807, 2.05) is 38.1 Å². The number of halogens is 1. The van der Waals surface area contributed by atoms with Crippen LogP contribution in [0.25, 0.3) is 0 Å².